The molecule has 2 amide bonds. The molecule has 1 aromatic carbocycles. The molecule has 104 valence electrons. The Morgan fingerprint density at radius 1 is 1.16 bits per heavy atom. The van der Waals surface area contributed by atoms with Crippen molar-refractivity contribution in [3.63, 3.8) is 0 Å². The Morgan fingerprint density at radius 3 is 2.42 bits per heavy atom. The Bertz CT molecular complexity index is 461. The fraction of sp³-hybridized carbons (Fsp3) is 0.467. The molecule has 4 nitrogen and oxygen atoms in total. The third-order valence-corrected chi connectivity index (χ3v) is 2.41. The van der Waals surface area contributed by atoms with Gasteiger partial charge in [-0.15, -0.1) is 0 Å². The van der Waals surface area contributed by atoms with Crippen LogP contribution in [0.15, 0.2) is 24.3 Å². The predicted octanol–water partition coefficient (Wildman–Crippen LogP) is 1.92. The molecule has 0 saturated heterocycles. The summed E-state index contributed by atoms with van der Waals surface area (Å²) in [4.78, 5) is 23.2. The van der Waals surface area contributed by atoms with Crippen molar-refractivity contribution in [2.45, 2.75) is 46.2 Å². The van der Waals surface area contributed by atoms with Gasteiger partial charge in [-0.2, -0.15) is 0 Å². The van der Waals surface area contributed by atoms with E-state index in [2.05, 4.69) is 10.6 Å². The summed E-state index contributed by atoms with van der Waals surface area (Å²) >= 11 is 0. The maximum atomic E-state index is 11.6. The number of amides is 2. The molecule has 0 aliphatic heterocycles. The first-order valence-corrected chi connectivity index (χ1v) is 6.39. The number of carbonyl (C=O) groups is 2. The van der Waals surface area contributed by atoms with Crippen molar-refractivity contribution >= 4 is 11.8 Å². The largest absolute Gasteiger partial charge is 0.352 e. The minimum Gasteiger partial charge on any atom is -0.352 e. The summed E-state index contributed by atoms with van der Waals surface area (Å²) in [5.41, 5.74) is 1.87. The zero-order valence-electron chi connectivity index (χ0n) is 12.0. The van der Waals surface area contributed by atoms with Crippen LogP contribution in [-0.4, -0.2) is 17.4 Å². The van der Waals surface area contributed by atoms with Gasteiger partial charge in [-0.25, -0.2) is 0 Å². The lowest BCUT2D eigenvalue weighted by atomic mass is 10.1. The highest BCUT2D eigenvalue weighted by Crippen LogP contribution is 2.03. The normalized spacial score (nSPS) is 10.9. The second kappa shape index (κ2) is 6.36. The molecule has 19 heavy (non-hydrogen) atoms. The fourth-order valence-corrected chi connectivity index (χ4v) is 1.69. The zero-order valence-corrected chi connectivity index (χ0v) is 12.0. The highest BCUT2D eigenvalue weighted by Gasteiger charge is 2.16. The zero-order chi connectivity index (χ0) is 14.5. The van der Waals surface area contributed by atoms with Gasteiger partial charge in [0.2, 0.25) is 11.8 Å². The van der Waals surface area contributed by atoms with E-state index in [0.29, 0.717) is 6.54 Å². The van der Waals surface area contributed by atoms with Crippen LogP contribution >= 0.6 is 0 Å². The Morgan fingerprint density at radius 2 is 1.84 bits per heavy atom. The van der Waals surface area contributed by atoms with Gasteiger partial charge in [0.25, 0.3) is 0 Å². The summed E-state index contributed by atoms with van der Waals surface area (Å²) in [6.45, 7) is 8.10. The summed E-state index contributed by atoms with van der Waals surface area (Å²) in [6, 6.07) is 7.91. The number of benzene rings is 1. The maximum absolute atomic E-state index is 11.6. The van der Waals surface area contributed by atoms with Crippen LogP contribution in [0, 0.1) is 6.92 Å². The maximum Gasteiger partial charge on any atom is 0.229 e. The molecule has 0 aliphatic rings. The van der Waals surface area contributed by atoms with Crippen LogP contribution in [0.1, 0.15) is 38.3 Å². The third kappa shape index (κ3) is 6.60. The minimum absolute atomic E-state index is 0.136. The first-order chi connectivity index (χ1) is 8.76. The molecule has 0 bridgehead atoms. The van der Waals surface area contributed by atoms with Crippen molar-refractivity contribution in [1.82, 2.24) is 10.6 Å². The number of hydrogen-bond donors (Lipinski definition) is 2. The average molecular weight is 262 g/mol. The smallest absolute Gasteiger partial charge is 0.229 e. The fourth-order valence-electron chi connectivity index (χ4n) is 1.69. The molecule has 0 saturated carbocycles. The predicted molar refractivity (Wildman–Crippen MR) is 75.5 cm³/mol. The summed E-state index contributed by atoms with van der Waals surface area (Å²) in [7, 11) is 0. The van der Waals surface area contributed by atoms with Crippen LogP contribution < -0.4 is 10.6 Å². The highest BCUT2D eigenvalue weighted by atomic mass is 16.2. The molecular formula is C15H22N2O2. The van der Waals surface area contributed by atoms with E-state index in [4.69, 9.17) is 0 Å². The van der Waals surface area contributed by atoms with E-state index in [9.17, 15) is 9.59 Å². The highest BCUT2D eigenvalue weighted by molar-refractivity contribution is 5.97. The topological polar surface area (TPSA) is 58.2 Å². The summed E-state index contributed by atoms with van der Waals surface area (Å²) < 4.78 is 0. The van der Waals surface area contributed by atoms with E-state index in [1.165, 1.54) is 0 Å². The van der Waals surface area contributed by atoms with Gasteiger partial charge in [0, 0.05) is 12.1 Å². The molecule has 0 aromatic heterocycles. The van der Waals surface area contributed by atoms with E-state index in [1.54, 1.807) is 0 Å². The van der Waals surface area contributed by atoms with Gasteiger partial charge in [0.05, 0.1) is 0 Å². The van der Waals surface area contributed by atoms with Crippen LogP contribution in [0.3, 0.4) is 0 Å². The van der Waals surface area contributed by atoms with Crippen LogP contribution in [0.25, 0.3) is 0 Å². The first-order valence-electron chi connectivity index (χ1n) is 6.39. The van der Waals surface area contributed by atoms with E-state index in [1.807, 2.05) is 52.0 Å². The molecule has 0 unspecified atom stereocenters. The van der Waals surface area contributed by atoms with Crippen molar-refractivity contribution in [3.8, 4) is 0 Å². The average Bonchev–Trinajstić information content (AvgIpc) is 2.23. The summed E-state index contributed by atoms with van der Waals surface area (Å²) in [5, 5.41) is 5.50. The van der Waals surface area contributed by atoms with E-state index in [0.717, 1.165) is 11.1 Å². The van der Waals surface area contributed by atoms with Crippen molar-refractivity contribution in [2.24, 2.45) is 0 Å². The van der Waals surface area contributed by atoms with Crippen molar-refractivity contribution in [3.05, 3.63) is 35.4 Å². The summed E-state index contributed by atoms with van der Waals surface area (Å²) in [5.74, 6) is -0.516. The van der Waals surface area contributed by atoms with E-state index in [-0.39, 0.29) is 23.8 Å². The van der Waals surface area contributed by atoms with Gasteiger partial charge >= 0.3 is 0 Å². The van der Waals surface area contributed by atoms with Gasteiger partial charge < -0.3 is 10.6 Å². The van der Waals surface area contributed by atoms with Crippen molar-refractivity contribution < 1.29 is 9.59 Å². The Labute approximate surface area is 114 Å². The van der Waals surface area contributed by atoms with Crippen LogP contribution in [0.2, 0.25) is 0 Å². The number of aryl methyl sites for hydroxylation is 1. The van der Waals surface area contributed by atoms with Crippen LogP contribution in [-0.2, 0) is 16.1 Å². The van der Waals surface area contributed by atoms with Gasteiger partial charge in [-0.3, -0.25) is 9.59 Å². The Hall–Kier alpha value is -1.84. The molecule has 0 spiro atoms. The lowest BCUT2D eigenvalue weighted by Gasteiger charge is -2.20. The molecule has 1 rings (SSSR count). The number of rotatable bonds is 4. The molecular weight excluding hydrogens is 240 g/mol. The molecule has 0 atom stereocenters. The van der Waals surface area contributed by atoms with Gasteiger partial charge in [-0.05, 0) is 33.3 Å². The minimum atomic E-state index is -0.312. The van der Waals surface area contributed by atoms with Crippen LogP contribution in [0.5, 0.6) is 0 Å². The molecule has 4 heteroatoms. The van der Waals surface area contributed by atoms with Crippen molar-refractivity contribution in [1.29, 1.82) is 0 Å². The van der Waals surface area contributed by atoms with E-state index >= 15 is 0 Å². The SMILES string of the molecule is Cc1cccc(CNC(=O)CC(=O)NC(C)(C)C)c1. The van der Waals surface area contributed by atoms with Gasteiger partial charge in [-0.1, -0.05) is 29.8 Å². The standard InChI is InChI=1S/C15H22N2O2/c1-11-6-5-7-12(8-11)10-16-13(18)9-14(19)17-15(2,3)4/h5-8H,9-10H2,1-4H3,(H,16,18)(H,17,19). The Kier molecular flexibility index (Phi) is 5.10. The van der Waals surface area contributed by atoms with Gasteiger partial charge in [0.1, 0.15) is 6.42 Å². The molecule has 0 radical (unpaired) electrons. The van der Waals surface area contributed by atoms with Crippen LogP contribution in [0.4, 0.5) is 0 Å². The molecule has 1 aromatic rings. The van der Waals surface area contributed by atoms with E-state index < -0.39 is 0 Å². The lowest BCUT2D eigenvalue weighted by Crippen LogP contribution is -2.42. The van der Waals surface area contributed by atoms with Crippen molar-refractivity contribution in [2.75, 3.05) is 0 Å². The summed E-state index contributed by atoms with van der Waals surface area (Å²) in [6.07, 6.45) is -0.136. The second-order valence-electron chi connectivity index (χ2n) is 5.74. The first kappa shape index (κ1) is 15.2. The third-order valence-electron chi connectivity index (χ3n) is 2.41. The number of hydrogen-bond acceptors (Lipinski definition) is 2. The number of nitrogens with one attached hydrogen (secondary N) is 2. The Balaban J connectivity index is 2.38. The molecule has 0 heterocycles. The van der Waals surface area contributed by atoms with Gasteiger partial charge in [0.15, 0.2) is 0 Å². The molecule has 0 aliphatic carbocycles. The monoisotopic (exact) mass is 262 g/mol. The second-order valence-corrected chi connectivity index (χ2v) is 5.74. The number of carbonyl (C=O) groups excluding carboxylic acids is 2. The lowest BCUT2D eigenvalue weighted by molar-refractivity contribution is -0.130. The molecule has 2 N–H and O–H groups in total. The molecule has 0 fully saturated rings. The quantitative estimate of drug-likeness (QED) is 0.814.